The zero-order valence-corrected chi connectivity index (χ0v) is 14.6. The minimum atomic E-state index is -3.14. The first-order valence-electron chi connectivity index (χ1n) is 14.6. The van der Waals surface area contributed by atoms with Crippen molar-refractivity contribution in [2.24, 2.45) is 0 Å². The van der Waals surface area contributed by atoms with Crippen LogP contribution in [0.5, 0.6) is 11.5 Å². The maximum absolute atomic E-state index is 13.7. The van der Waals surface area contributed by atoms with Gasteiger partial charge in [-0.25, -0.2) is 0 Å². The predicted molar refractivity (Wildman–Crippen MR) is 105 cm³/mol. The second-order valence-corrected chi connectivity index (χ2v) is 6.64. The predicted octanol–water partition coefficient (Wildman–Crippen LogP) is 2.21. The molecule has 0 radical (unpaired) electrons. The van der Waals surface area contributed by atoms with Crippen molar-refractivity contribution in [2.45, 2.75) is 18.5 Å². The van der Waals surface area contributed by atoms with Crippen LogP contribution >= 0.6 is 0 Å². The maximum Gasteiger partial charge on any atom is 0.245 e. The van der Waals surface area contributed by atoms with E-state index < -0.39 is 98.4 Å². The monoisotopic (exact) mass is 401 g/mol. The maximum atomic E-state index is 13.7. The van der Waals surface area contributed by atoms with Gasteiger partial charge in [-0.15, -0.1) is 0 Å². The third kappa shape index (κ3) is 2.24. The number of carbonyl (C=O) groups is 2. The third-order valence-electron chi connectivity index (χ3n) is 5.04. The Bertz CT molecular complexity index is 1740. The number of para-hydroxylation sites is 1. The lowest BCUT2D eigenvalue weighted by molar-refractivity contribution is -0.157. The van der Waals surface area contributed by atoms with Crippen LogP contribution in [0, 0.1) is 0 Å². The number of piperazine rings is 1. The summed E-state index contributed by atoms with van der Waals surface area (Å²) in [5, 5.41) is -0.204. The Balaban J connectivity index is 1.78. The molecule has 146 valence electrons. The number of fused-ring (bicyclic) bond motifs is 5. The molecule has 1 saturated heterocycles. The molecular weight excluding hydrogens is 370 g/mol. The summed E-state index contributed by atoms with van der Waals surface area (Å²) in [6, 6.07) is -10.2. The highest BCUT2D eigenvalue weighted by Gasteiger charge is 2.47. The number of benzene rings is 2. The Kier molecular flexibility index (Phi) is 1.69. The summed E-state index contributed by atoms with van der Waals surface area (Å²) in [7, 11) is 0. The second kappa shape index (κ2) is 5.76. The molecule has 0 spiro atoms. The summed E-state index contributed by atoms with van der Waals surface area (Å²) in [5.74, 6) is -3.15. The summed E-state index contributed by atoms with van der Waals surface area (Å²) >= 11 is 0. The number of aromatic amines is 1. The molecule has 0 aliphatic carbocycles. The van der Waals surface area contributed by atoms with E-state index in [0.717, 1.165) is 0 Å². The van der Waals surface area contributed by atoms with Crippen LogP contribution in [0.1, 0.15) is 39.3 Å². The van der Waals surface area contributed by atoms with Crippen LogP contribution in [0.3, 0.4) is 0 Å². The summed E-state index contributed by atoms with van der Waals surface area (Å²) in [4.78, 5) is 30.8. The van der Waals surface area contributed by atoms with E-state index in [0.29, 0.717) is 4.90 Å². The number of hydrogen-bond donors (Lipinski definition) is 1. The first kappa shape index (κ1) is 8.49. The number of hydrogen-bond acceptors (Lipinski definition) is 4. The number of likely N-dealkylation sites (N-methyl/N-ethyl adjacent to an activating group) is 1. The van der Waals surface area contributed by atoms with Crippen molar-refractivity contribution in [2.75, 3.05) is 20.3 Å². The summed E-state index contributed by atoms with van der Waals surface area (Å²) in [6.07, 6.45) is -0.777. The number of nitrogens with zero attached hydrogens (tertiary/aromatic N) is 2. The quantitative estimate of drug-likeness (QED) is 0.678. The normalized spacial score (nSPS) is 34.2. The lowest BCUT2D eigenvalue weighted by Crippen LogP contribution is -2.62. The SMILES string of the molecule is [2H]c1c([2H])c([C@]2([2H])c3[nH]c4c([2H])c([2H])c([2H])c([2H])c4c3C[C@]3([2H])C(=O)N(C([2H])([2H])[2H])CC(=O)N23)c([2H])c2c1OCO2. The van der Waals surface area contributed by atoms with Crippen molar-refractivity contribution in [1.82, 2.24) is 14.8 Å². The summed E-state index contributed by atoms with van der Waals surface area (Å²) < 4.78 is 112. The first-order valence-corrected chi connectivity index (χ1v) is 8.64. The van der Waals surface area contributed by atoms with Gasteiger partial charge in [0.2, 0.25) is 18.6 Å². The molecule has 1 fully saturated rings. The molecule has 2 aromatic carbocycles. The van der Waals surface area contributed by atoms with Gasteiger partial charge in [-0.3, -0.25) is 9.59 Å². The van der Waals surface area contributed by atoms with E-state index >= 15 is 0 Å². The Labute approximate surface area is 183 Å². The number of carbonyl (C=O) groups excluding carboxylic acids is 2. The molecular formula is C22H19N3O4. The molecule has 1 N–H and O–H groups in total. The Hall–Kier alpha value is -3.48. The number of amides is 2. The lowest BCUT2D eigenvalue weighted by Gasteiger charge is -2.46. The summed E-state index contributed by atoms with van der Waals surface area (Å²) in [5.41, 5.74) is -1.41. The van der Waals surface area contributed by atoms with Gasteiger partial charge >= 0.3 is 0 Å². The molecule has 1 aromatic heterocycles. The van der Waals surface area contributed by atoms with Crippen LogP contribution in [0.2, 0.25) is 0 Å². The van der Waals surface area contributed by atoms with Crippen molar-refractivity contribution in [1.29, 1.82) is 0 Å². The standard InChI is InChI=1S/C22H19N3O4/c1-24-10-19(26)25-16(22(24)27)9-14-13-4-2-3-5-15(13)23-20(14)21(25)12-6-7-17-18(8-12)29-11-28-17/h2-8,16,21,23H,9-11H2,1H3/t16-,21-/m1/s1/i1D3,2D,3D,4D,5D,6D,7D,8D,16D,21D. The van der Waals surface area contributed by atoms with Gasteiger partial charge in [0.15, 0.2) is 11.5 Å². The van der Waals surface area contributed by atoms with Crippen LogP contribution in [0.25, 0.3) is 10.9 Å². The zero-order chi connectivity index (χ0) is 30.1. The molecule has 7 heteroatoms. The van der Waals surface area contributed by atoms with Gasteiger partial charge in [-0.1, -0.05) is 24.2 Å². The van der Waals surface area contributed by atoms with Crippen LogP contribution in [-0.2, 0) is 16.0 Å². The number of nitrogens with one attached hydrogen (secondary N) is 1. The van der Waals surface area contributed by atoms with Crippen molar-refractivity contribution < 1.29 is 35.5 Å². The molecule has 6 rings (SSSR count). The molecule has 3 aliphatic heterocycles. The molecule has 29 heavy (non-hydrogen) atoms. The number of aromatic nitrogens is 1. The largest absolute Gasteiger partial charge is 0.454 e. The van der Waals surface area contributed by atoms with Gasteiger partial charge in [0.1, 0.15) is 6.02 Å². The third-order valence-corrected chi connectivity index (χ3v) is 5.04. The summed E-state index contributed by atoms with van der Waals surface area (Å²) in [6.45, 7) is -4.61. The van der Waals surface area contributed by atoms with Crippen LogP contribution in [0.15, 0.2) is 42.3 Å². The average Bonchev–Trinajstić information content (AvgIpc) is 3.53. The van der Waals surface area contributed by atoms with E-state index in [9.17, 15) is 12.3 Å². The van der Waals surface area contributed by atoms with E-state index in [1.807, 2.05) is 0 Å². The zero-order valence-electron chi connectivity index (χ0n) is 26.6. The first-order chi connectivity index (χ1) is 19.0. The molecule has 3 aliphatic rings. The van der Waals surface area contributed by atoms with E-state index in [-0.39, 0.29) is 38.6 Å². The fourth-order valence-corrected chi connectivity index (χ4v) is 3.79. The van der Waals surface area contributed by atoms with Crippen molar-refractivity contribution in [3.8, 4) is 11.5 Å². The minimum absolute atomic E-state index is 0.176. The van der Waals surface area contributed by atoms with E-state index in [2.05, 4.69) is 4.98 Å². The molecule has 0 saturated carbocycles. The molecule has 7 nitrogen and oxygen atoms in total. The Morgan fingerprint density at radius 1 is 1.21 bits per heavy atom. The van der Waals surface area contributed by atoms with Crippen molar-refractivity contribution in [3.63, 3.8) is 0 Å². The van der Waals surface area contributed by atoms with Crippen LogP contribution < -0.4 is 9.47 Å². The molecule has 4 heterocycles. The smallest absolute Gasteiger partial charge is 0.245 e. The van der Waals surface area contributed by atoms with E-state index in [1.54, 1.807) is 0 Å². The molecule has 3 aromatic rings. The fraction of sp³-hybridized carbons (Fsp3) is 0.273. The fourth-order valence-electron chi connectivity index (χ4n) is 3.79. The second-order valence-electron chi connectivity index (χ2n) is 6.64. The molecule has 2 amide bonds. The highest BCUT2D eigenvalue weighted by molar-refractivity contribution is 5.97. The lowest BCUT2D eigenvalue weighted by atomic mass is 9.86. The highest BCUT2D eigenvalue weighted by atomic mass is 16.7. The number of H-pyrrole nitrogens is 1. The van der Waals surface area contributed by atoms with Crippen LogP contribution in [0.4, 0.5) is 0 Å². The Morgan fingerprint density at radius 3 is 2.97 bits per heavy atom. The molecule has 0 bridgehead atoms. The number of rotatable bonds is 1. The van der Waals surface area contributed by atoms with Gasteiger partial charge in [-0.05, 0) is 29.3 Å². The van der Waals surface area contributed by atoms with Gasteiger partial charge in [-0.2, -0.15) is 0 Å². The van der Waals surface area contributed by atoms with E-state index in [4.69, 9.17) is 23.2 Å². The molecule has 2 atom stereocenters. The van der Waals surface area contributed by atoms with E-state index in [1.165, 1.54) is 0 Å². The van der Waals surface area contributed by atoms with Crippen LogP contribution in [-0.4, -0.2) is 52.9 Å². The molecule has 0 unspecified atom stereocenters. The van der Waals surface area contributed by atoms with Gasteiger partial charge < -0.3 is 24.3 Å². The highest BCUT2D eigenvalue weighted by Crippen LogP contribution is 2.44. The average molecular weight is 401 g/mol. The van der Waals surface area contributed by atoms with Crippen molar-refractivity contribution >= 4 is 22.7 Å². The van der Waals surface area contributed by atoms with Gasteiger partial charge in [0.25, 0.3) is 0 Å². The minimum Gasteiger partial charge on any atom is -0.454 e. The number of ether oxygens (including phenoxy) is 2. The van der Waals surface area contributed by atoms with Gasteiger partial charge in [0.05, 0.1) is 24.9 Å². The van der Waals surface area contributed by atoms with Gasteiger partial charge in [0, 0.05) is 34.1 Å². The Morgan fingerprint density at radius 2 is 2.07 bits per heavy atom. The topological polar surface area (TPSA) is 74.9 Å². The van der Waals surface area contributed by atoms with Crippen molar-refractivity contribution in [3.05, 3.63) is 59.1 Å².